The average Bonchev–Trinajstić information content (AvgIpc) is 2.58. The van der Waals surface area contributed by atoms with Crippen molar-refractivity contribution in [3.63, 3.8) is 0 Å². The van der Waals surface area contributed by atoms with Gasteiger partial charge in [0.25, 0.3) is 0 Å². The summed E-state index contributed by atoms with van der Waals surface area (Å²) in [4.78, 5) is 10.7. The maximum atomic E-state index is 12.6. The van der Waals surface area contributed by atoms with Gasteiger partial charge >= 0.3 is 12.1 Å². The molecule has 2 N–H and O–H groups in total. The molecule has 96 valence electrons. The Labute approximate surface area is 95.4 Å². The molecular weight excluding hydrogens is 239 g/mol. The highest BCUT2D eigenvalue weighted by molar-refractivity contribution is 5.79. The van der Waals surface area contributed by atoms with Gasteiger partial charge in [0.05, 0.1) is 6.54 Å². The van der Waals surface area contributed by atoms with Crippen LogP contribution in [0.1, 0.15) is 18.4 Å². The van der Waals surface area contributed by atoms with Crippen LogP contribution in [0.15, 0.2) is 16.5 Å². The minimum atomic E-state index is -4.89. The number of furan rings is 1. The lowest BCUT2D eigenvalue weighted by Crippen LogP contribution is -2.59. The summed E-state index contributed by atoms with van der Waals surface area (Å²) in [6.07, 6.45) is -4.89. The molecule has 1 unspecified atom stereocenters. The highest BCUT2D eigenvalue weighted by Gasteiger charge is 2.57. The Kier molecular flexibility index (Phi) is 3.51. The highest BCUT2D eigenvalue weighted by Crippen LogP contribution is 2.30. The maximum absolute atomic E-state index is 12.6. The second-order valence-corrected chi connectivity index (χ2v) is 3.79. The third kappa shape index (κ3) is 2.79. The van der Waals surface area contributed by atoms with E-state index in [4.69, 9.17) is 9.52 Å². The molecule has 0 aliphatic carbocycles. The van der Waals surface area contributed by atoms with Crippen LogP contribution in [0, 0.1) is 6.92 Å². The fourth-order valence-electron chi connectivity index (χ4n) is 1.14. The van der Waals surface area contributed by atoms with Gasteiger partial charge in [0.1, 0.15) is 11.5 Å². The van der Waals surface area contributed by atoms with Gasteiger partial charge in [0.15, 0.2) is 0 Å². The number of hydrogen-bond donors (Lipinski definition) is 2. The SMILES string of the molecule is Cc1ccc(CNC(C)(C(=O)O)C(F)(F)F)o1. The van der Waals surface area contributed by atoms with Crippen LogP contribution in [0.5, 0.6) is 0 Å². The van der Waals surface area contributed by atoms with Crippen molar-refractivity contribution < 1.29 is 27.5 Å². The number of alkyl halides is 3. The van der Waals surface area contributed by atoms with Crippen LogP contribution < -0.4 is 5.32 Å². The zero-order valence-electron chi connectivity index (χ0n) is 9.26. The lowest BCUT2D eigenvalue weighted by molar-refractivity contribution is -0.206. The Morgan fingerprint density at radius 2 is 2.06 bits per heavy atom. The van der Waals surface area contributed by atoms with Gasteiger partial charge in [-0.1, -0.05) is 0 Å². The van der Waals surface area contributed by atoms with Crippen LogP contribution in [0.2, 0.25) is 0 Å². The molecule has 1 atom stereocenters. The Bertz CT molecular complexity index is 413. The Morgan fingerprint density at radius 1 is 1.47 bits per heavy atom. The quantitative estimate of drug-likeness (QED) is 0.860. The predicted molar refractivity (Wildman–Crippen MR) is 52.4 cm³/mol. The summed E-state index contributed by atoms with van der Waals surface area (Å²) in [5.74, 6) is -1.18. The van der Waals surface area contributed by atoms with E-state index in [1.165, 1.54) is 6.07 Å². The number of rotatable bonds is 4. The van der Waals surface area contributed by atoms with E-state index in [0.29, 0.717) is 12.7 Å². The van der Waals surface area contributed by atoms with Gasteiger partial charge in [-0.15, -0.1) is 0 Å². The van der Waals surface area contributed by atoms with Gasteiger partial charge in [-0.05, 0) is 26.0 Å². The van der Waals surface area contributed by atoms with Gasteiger partial charge in [-0.3, -0.25) is 5.32 Å². The number of halogens is 3. The lowest BCUT2D eigenvalue weighted by atomic mass is 10.0. The number of carboxylic acids is 1. The van der Waals surface area contributed by atoms with Crippen molar-refractivity contribution >= 4 is 5.97 Å². The largest absolute Gasteiger partial charge is 0.480 e. The molecule has 0 aliphatic rings. The lowest BCUT2D eigenvalue weighted by Gasteiger charge is -2.28. The van der Waals surface area contributed by atoms with E-state index in [0.717, 1.165) is 0 Å². The van der Waals surface area contributed by atoms with Crippen molar-refractivity contribution in [2.24, 2.45) is 0 Å². The summed E-state index contributed by atoms with van der Waals surface area (Å²) in [5, 5.41) is 10.6. The van der Waals surface area contributed by atoms with Gasteiger partial charge in [-0.25, -0.2) is 4.79 Å². The van der Waals surface area contributed by atoms with Gasteiger partial charge in [-0.2, -0.15) is 13.2 Å². The summed E-state index contributed by atoms with van der Waals surface area (Å²) in [6, 6.07) is 3.07. The smallest absolute Gasteiger partial charge is 0.417 e. The molecule has 1 rings (SSSR count). The predicted octanol–water partition coefficient (Wildman–Crippen LogP) is 2.08. The van der Waals surface area contributed by atoms with E-state index >= 15 is 0 Å². The molecule has 1 aromatic heterocycles. The molecule has 7 heteroatoms. The van der Waals surface area contributed by atoms with Crippen LogP contribution in [0.3, 0.4) is 0 Å². The van der Waals surface area contributed by atoms with E-state index in [9.17, 15) is 18.0 Å². The van der Waals surface area contributed by atoms with E-state index in [1.807, 2.05) is 5.32 Å². The number of carboxylic acid groups (broad SMARTS) is 1. The van der Waals surface area contributed by atoms with Crippen LogP contribution in [-0.2, 0) is 11.3 Å². The maximum Gasteiger partial charge on any atom is 0.417 e. The first kappa shape index (κ1) is 13.6. The Morgan fingerprint density at radius 3 is 2.41 bits per heavy atom. The molecule has 17 heavy (non-hydrogen) atoms. The molecule has 0 spiro atoms. The van der Waals surface area contributed by atoms with Gasteiger partial charge in [0, 0.05) is 0 Å². The van der Waals surface area contributed by atoms with Crippen molar-refractivity contribution in [1.29, 1.82) is 0 Å². The molecule has 1 aromatic rings. The number of aliphatic carboxylic acids is 1. The molecule has 0 bridgehead atoms. The summed E-state index contributed by atoms with van der Waals surface area (Å²) < 4.78 is 42.8. The van der Waals surface area contributed by atoms with Gasteiger partial charge in [0.2, 0.25) is 5.54 Å². The zero-order valence-corrected chi connectivity index (χ0v) is 9.26. The molecule has 0 saturated carbocycles. The highest BCUT2D eigenvalue weighted by atomic mass is 19.4. The fourth-order valence-corrected chi connectivity index (χ4v) is 1.14. The standard InChI is InChI=1S/C10H12F3NO3/c1-6-3-4-7(17-6)5-14-9(2,8(15)16)10(11,12)13/h3-4,14H,5H2,1-2H3,(H,15,16). The number of hydrogen-bond acceptors (Lipinski definition) is 3. The van der Waals surface area contributed by atoms with E-state index in [1.54, 1.807) is 13.0 Å². The van der Waals surface area contributed by atoms with Crippen molar-refractivity contribution in [3.05, 3.63) is 23.7 Å². The Balaban J connectivity index is 2.79. The first-order chi connectivity index (χ1) is 7.67. The number of aryl methyl sites for hydroxylation is 1. The third-order valence-corrected chi connectivity index (χ3v) is 2.41. The number of nitrogens with one attached hydrogen (secondary N) is 1. The molecule has 0 fully saturated rings. The molecule has 0 aliphatic heterocycles. The fraction of sp³-hybridized carbons (Fsp3) is 0.500. The first-order valence-electron chi connectivity index (χ1n) is 4.77. The summed E-state index contributed by atoms with van der Waals surface area (Å²) >= 11 is 0. The molecule has 0 saturated heterocycles. The number of carbonyl (C=O) groups is 1. The molecule has 4 nitrogen and oxygen atoms in total. The normalized spacial score (nSPS) is 15.6. The second kappa shape index (κ2) is 4.40. The van der Waals surface area contributed by atoms with Crippen LogP contribution in [0.25, 0.3) is 0 Å². The van der Waals surface area contributed by atoms with Crippen molar-refractivity contribution in [2.75, 3.05) is 0 Å². The van der Waals surface area contributed by atoms with Crippen LogP contribution in [0.4, 0.5) is 13.2 Å². The van der Waals surface area contributed by atoms with Crippen molar-refractivity contribution in [1.82, 2.24) is 5.32 Å². The Hall–Kier alpha value is -1.50. The average molecular weight is 251 g/mol. The molecule has 1 heterocycles. The van der Waals surface area contributed by atoms with Crippen molar-refractivity contribution in [3.8, 4) is 0 Å². The van der Waals surface area contributed by atoms with Crippen molar-refractivity contribution in [2.45, 2.75) is 32.1 Å². The molecule has 0 radical (unpaired) electrons. The second-order valence-electron chi connectivity index (χ2n) is 3.79. The zero-order chi connectivity index (χ0) is 13.3. The third-order valence-electron chi connectivity index (χ3n) is 2.41. The van der Waals surface area contributed by atoms with E-state index in [-0.39, 0.29) is 12.3 Å². The first-order valence-corrected chi connectivity index (χ1v) is 4.77. The van der Waals surface area contributed by atoms with Crippen LogP contribution in [-0.4, -0.2) is 22.8 Å². The monoisotopic (exact) mass is 251 g/mol. The summed E-state index contributed by atoms with van der Waals surface area (Å²) in [6.45, 7) is 1.91. The molecule has 0 amide bonds. The molecule has 0 aromatic carbocycles. The molecular formula is C10H12F3NO3. The van der Waals surface area contributed by atoms with E-state index in [2.05, 4.69) is 0 Å². The minimum Gasteiger partial charge on any atom is -0.480 e. The summed E-state index contributed by atoms with van der Waals surface area (Å²) in [7, 11) is 0. The summed E-state index contributed by atoms with van der Waals surface area (Å²) in [5.41, 5.74) is -2.99. The van der Waals surface area contributed by atoms with Gasteiger partial charge < -0.3 is 9.52 Å². The van der Waals surface area contributed by atoms with Crippen LogP contribution >= 0.6 is 0 Å². The topological polar surface area (TPSA) is 62.5 Å². The minimum absolute atomic E-state index is 0.249. The van der Waals surface area contributed by atoms with E-state index < -0.39 is 17.7 Å².